The SMILES string of the molecule is CC1C[C@H]2CC(=O)OC(O)[C@@H]12. The maximum absolute atomic E-state index is 10.8. The summed E-state index contributed by atoms with van der Waals surface area (Å²) in [4.78, 5) is 10.8. The molecule has 2 aliphatic rings. The second kappa shape index (κ2) is 2.21. The number of hydrogen-bond acceptors (Lipinski definition) is 3. The molecule has 0 amide bonds. The fraction of sp³-hybridized carbons (Fsp3) is 0.875. The van der Waals surface area contributed by atoms with Crippen LogP contribution in [0.25, 0.3) is 0 Å². The molecular formula is C8H12O3. The molecule has 3 heteroatoms. The molecule has 2 unspecified atom stereocenters. The normalized spacial score (nSPS) is 49.1. The zero-order valence-corrected chi connectivity index (χ0v) is 6.49. The summed E-state index contributed by atoms with van der Waals surface area (Å²) in [6.45, 7) is 2.09. The van der Waals surface area contributed by atoms with Crippen LogP contribution >= 0.6 is 0 Å². The molecule has 11 heavy (non-hydrogen) atoms. The van der Waals surface area contributed by atoms with E-state index in [2.05, 4.69) is 6.92 Å². The van der Waals surface area contributed by atoms with Crippen molar-refractivity contribution in [2.75, 3.05) is 0 Å². The zero-order valence-electron chi connectivity index (χ0n) is 6.49. The Morgan fingerprint density at radius 1 is 1.64 bits per heavy atom. The zero-order chi connectivity index (χ0) is 8.01. The molecular weight excluding hydrogens is 144 g/mol. The largest absolute Gasteiger partial charge is 0.436 e. The summed E-state index contributed by atoms with van der Waals surface area (Å²) in [5, 5.41) is 9.30. The molecule has 0 radical (unpaired) electrons. The average Bonchev–Trinajstić information content (AvgIpc) is 1.83. The van der Waals surface area contributed by atoms with Gasteiger partial charge in [0.25, 0.3) is 0 Å². The summed E-state index contributed by atoms with van der Waals surface area (Å²) in [5.41, 5.74) is 0. The van der Waals surface area contributed by atoms with Gasteiger partial charge in [-0.1, -0.05) is 6.92 Å². The van der Waals surface area contributed by atoms with E-state index in [0.717, 1.165) is 6.42 Å². The van der Waals surface area contributed by atoms with E-state index in [-0.39, 0.29) is 11.9 Å². The number of carbonyl (C=O) groups is 1. The molecule has 0 aromatic rings. The van der Waals surface area contributed by atoms with Gasteiger partial charge in [-0.2, -0.15) is 0 Å². The van der Waals surface area contributed by atoms with Crippen LogP contribution in [0.3, 0.4) is 0 Å². The van der Waals surface area contributed by atoms with Gasteiger partial charge < -0.3 is 9.84 Å². The van der Waals surface area contributed by atoms with E-state index in [1.807, 2.05) is 0 Å². The van der Waals surface area contributed by atoms with Gasteiger partial charge in [0, 0.05) is 12.3 Å². The second-order valence-corrected chi connectivity index (χ2v) is 3.63. The van der Waals surface area contributed by atoms with E-state index in [4.69, 9.17) is 4.74 Å². The van der Waals surface area contributed by atoms with Crippen LogP contribution in [0.15, 0.2) is 0 Å². The molecule has 1 saturated heterocycles. The minimum absolute atomic E-state index is 0.215. The number of rotatable bonds is 0. The lowest BCUT2D eigenvalue weighted by atomic mass is 9.63. The van der Waals surface area contributed by atoms with Crippen molar-refractivity contribution in [3.63, 3.8) is 0 Å². The number of fused-ring (bicyclic) bond motifs is 1. The van der Waals surface area contributed by atoms with Crippen molar-refractivity contribution < 1.29 is 14.6 Å². The summed E-state index contributed by atoms with van der Waals surface area (Å²) in [5.74, 6) is 0.877. The van der Waals surface area contributed by atoms with Gasteiger partial charge in [-0.05, 0) is 18.3 Å². The number of esters is 1. The maximum atomic E-state index is 10.8. The molecule has 1 saturated carbocycles. The monoisotopic (exact) mass is 156 g/mol. The number of cyclic esters (lactones) is 1. The summed E-state index contributed by atoms with van der Waals surface area (Å²) in [7, 11) is 0. The third-order valence-electron chi connectivity index (χ3n) is 2.89. The fourth-order valence-corrected chi connectivity index (χ4v) is 2.27. The number of carbonyl (C=O) groups excluding carboxylic acids is 1. The first kappa shape index (κ1) is 7.10. The van der Waals surface area contributed by atoms with Crippen molar-refractivity contribution in [3.05, 3.63) is 0 Å². The molecule has 0 spiro atoms. The highest BCUT2D eigenvalue weighted by atomic mass is 16.6. The minimum atomic E-state index is -0.829. The molecule has 1 aliphatic carbocycles. The molecule has 0 aromatic carbocycles. The van der Waals surface area contributed by atoms with Gasteiger partial charge in [-0.25, -0.2) is 0 Å². The van der Waals surface area contributed by atoms with Crippen LogP contribution in [0.4, 0.5) is 0 Å². The van der Waals surface area contributed by atoms with Gasteiger partial charge >= 0.3 is 5.97 Å². The van der Waals surface area contributed by atoms with E-state index in [9.17, 15) is 9.90 Å². The third-order valence-corrected chi connectivity index (χ3v) is 2.89. The summed E-state index contributed by atoms with van der Waals surface area (Å²) >= 11 is 0. The molecule has 2 fully saturated rings. The Labute approximate surface area is 65.4 Å². The Morgan fingerprint density at radius 2 is 2.36 bits per heavy atom. The van der Waals surface area contributed by atoms with E-state index in [1.165, 1.54) is 0 Å². The molecule has 0 aromatic heterocycles. The molecule has 62 valence electrons. The first-order chi connectivity index (χ1) is 5.18. The van der Waals surface area contributed by atoms with E-state index in [0.29, 0.717) is 18.3 Å². The van der Waals surface area contributed by atoms with Crippen LogP contribution < -0.4 is 0 Å². The van der Waals surface area contributed by atoms with E-state index in [1.54, 1.807) is 0 Å². The topological polar surface area (TPSA) is 46.5 Å². The van der Waals surface area contributed by atoms with Crippen molar-refractivity contribution in [2.24, 2.45) is 17.8 Å². The maximum Gasteiger partial charge on any atom is 0.308 e. The van der Waals surface area contributed by atoms with Crippen LogP contribution in [0.1, 0.15) is 19.8 Å². The summed E-state index contributed by atoms with van der Waals surface area (Å²) in [6, 6.07) is 0. The van der Waals surface area contributed by atoms with Crippen LogP contribution in [-0.4, -0.2) is 17.4 Å². The highest BCUT2D eigenvalue weighted by molar-refractivity contribution is 5.71. The molecule has 1 heterocycles. The molecule has 2 rings (SSSR count). The first-order valence-corrected chi connectivity index (χ1v) is 4.06. The van der Waals surface area contributed by atoms with Crippen molar-refractivity contribution in [1.29, 1.82) is 0 Å². The summed E-state index contributed by atoms with van der Waals surface area (Å²) in [6.07, 6.45) is 0.744. The van der Waals surface area contributed by atoms with Gasteiger partial charge in [0.05, 0.1) is 0 Å². The quantitative estimate of drug-likeness (QED) is 0.520. The Kier molecular flexibility index (Phi) is 1.42. The van der Waals surface area contributed by atoms with Crippen LogP contribution in [0, 0.1) is 17.8 Å². The highest BCUT2D eigenvalue weighted by Crippen LogP contribution is 2.47. The van der Waals surface area contributed by atoms with E-state index >= 15 is 0 Å². The first-order valence-electron chi connectivity index (χ1n) is 4.06. The standard InChI is InChI=1S/C8H12O3/c1-4-2-5-3-6(9)11-8(10)7(4)5/h4-5,7-8,10H,2-3H2,1H3/t4?,5-,7-,8?/m0/s1. The lowest BCUT2D eigenvalue weighted by Gasteiger charge is -2.47. The van der Waals surface area contributed by atoms with Crippen LogP contribution in [-0.2, 0) is 9.53 Å². The Morgan fingerprint density at radius 3 is 2.91 bits per heavy atom. The lowest BCUT2D eigenvalue weighted by Crippen LogP contribution is -2.49. The van der Waals surface area contributed by atoms with Gasteiger partial charge in [-0.3, -0.25) is 4.79 Å². The average molecular weight is 156 g/mol. The van der Waals surface area contributed by atoms with Gasteiger partial charge in [0.1, 0.15) is 0 Å². The van der Waals surface area contributed by atoms with Crippen molar-refractivity contribution >= 4 is 5.97 Å². The van der Waals surface area contributed by atoms with E-state index < -0.39 is 6.29 Å². The Hall–Kier alpha value is -0.570. The predicted molar refractivity (Wildman–Crippen MR) is 37.5 cm³/mol. The lowest BCUT2D eigenvalue weighted by molar-refractivity contribution is -0.221. The summed E-state index contributed by atoms with van der Waals surface area (Å²) < 4.78 is 4.71. The molecule has 0 bridgehead atoms. The van der Waals surface area contributed by atoms with Crippen molar-refractivity contribution in [1.82, 2.24) is 0 Å². The highest BCUT2D eigenvalue weighted by Gasteiger charge is 2.48. The molecule has 1 aliphatic heterocycles. The predicted octanol–water partition coefficient (Wildman–Crippen LogP) is 0.524. The fourth-order valence-electron chi connectivity index (χ4n) is 2.27. The number of aliphatic hydroxyl groups excluding tert-OH is 1. The Balaban J connectivity index is 2.07. The third kappa shape index (κ3) is 0.948. The van der Waals surface area contributed by atoms with Gasteiger partial charge in [0.15, 0.2) is 0 Å². The molecule has 3 nitrogen and oxygen atoms in total. The Bertz CT molecular complexity index is 180. The van der Waals surface area contributed by atoms with Crippen molar-refractivity contribution in [3.8, 4) is 0 Å². The van der Waals surface area contributed by atoms with Gasteiger partial charge in [-0.15, -0.1) is 0 Å². The number of hydrogen-bond donors (Lipinski definition) is 1. The number of ether oxygens (including phenoxy) is 1. The van der Waals surface area contributed by atoms with Crippen LogP contribution in [0.5, 0.6) is 0 Å². The molecule has 1 N–H and O–H groups in total. The van der Waals surface area contributed by atoms with Gasteiger partial charge in [0.2, 0.25) is 6.29 Å². The number of aliphatic hydroxyl groups is 1. The minimum Gasteiger partial charge on any atom is -0.436 e. The van der Waals surface area contributed by atoms with Crippen LogP contribution in [0.2, 0.25) is 0 Å². The van der Waals surface area contributed by atoms with Crippen molar-refractivity contribution in [2.45, 2.75) is 26.1 Å². The smallest absolute Gasteiger partial charge is 0.308 e. The molecule has 4 atom stereocenters. The second-order valence-electron chi connectivity index (χ2n) is 3.63.